The minimum Gasteiger partial charge on any atom is -0.499 e. The van der Waals surface area contributed by atoms with Crippen molar-refractivity contribution in [1.29, 1.82) is 0 Å². The summed E-state index contributed by atoms with van der Waals surface area (Å²) in [6, 6.07) is 0. The maximum atomic E-state index is 5.41. The van der Waals surface area contributed by atoms with Crippen molar-refractivity contribution in [1.82, 2.24) is 0 Å². The third-order valence-corrected chi connectivity index (χ3v) is 3.25. The average Bonchev–Trinajstić information content (AvgIpc) is 2.76. The SMILES string of the molecule is C#CCOCCOCCOCCOCCOCCOCCOCCOCCOC=C. The maximum Gasteiger partial charge on any atom is 0.111 e. The lowest BCUT2D eigenvalue weighted by Gasteiger charge is -2.08. The van der Waals surface area contributed by atoms with Crippen molar-refractivity contribution in [3.8, 4) is 12.3 Å². The van der Waals surface area contributed by atoms with Crippen LogP contribution in [0, 0.1) is 12.3 Å². The Balaban J connectivity index is 2.99. The van der Waals surface area contributed by atoms with Crippen LogP contribution in [0.5, 0.6) is 0 Å². The van der Waals surface area contributed by atoms with Gasteiger partial charge in [-0.3, -0.25) is 0 Å². The summed E-state index contributed by atoms with van der Waals surface area (Å²) in [6.45, 7) is 12.1. The Morgan fingerprint density at radius 3 is 1.00 bits per heavy atom. The van der Waals surface area contributed by atoms with E-state index in [2.05, 4.69) is 12.5 Å². The smallest absolute Gasteiger partial charge is 0.111 e. The molecule has 0 bridgehead atoms. The van der Waals surface area contributed by atoms with Gasteiger partial charge in [-0.05, 0) is 0 Å². The number of ether oxygens (including phenoxy) is 9. The summed E-state index contributed by atoms with van der Waals surface area (Å²) in [5.74, 6) is 2.39. The molecule has 0 aliphatic carbocycles. The molecule has 0 aromatic heterocycles. The number of hydrogen-bond donors (Lipinski definition) is 0. The van der Waals surface area contributed by atoms with E-state index in [1.807, 2.05) is 0 Å². The fourth-order valence-electron chi connectivity index (χ4n) is 1.86. The van der Waals surface area contributed by atoms with Crippen LogP contribution < -0.4 is 0 Å². The first-order valence-electron chi connectivity index (χ1n) is 10.2. The highest BCUT2D eigenvalue weighted by atomic mass is 16.6. The molecule has 0 radical (unpaired) electrons. The predicted octanol–water partition coefficient (Wildman–Crippen LogP) is 0.913. The molecule has 0 fully saturated rings. The van der Waals surface area contributed by atoms with Gasteiger partial charge in [-0.15, -0.1) is 6.42 Å². The molecular weight excluding hydrogens is 396 g/mol. The molecule has 0 atom stereocenters. The fraction of sp³-hybridized carbons (Fsp3) is 0.810. The van der Waals surface area contributed by atoms with Gasteiger partial charge >= 0.3 is 0 Å². The van der Waals surface area contributed by atoms with Crippen molar-refractivity contribution >= 4 is 0 Å². The van der Waals surface area contributed by atoms with Crippen LogP contribution in [0.4, 0.5) is 0 Å². The summed E-state index contributed by atoms with van der Waals surface area (Å²) >= 11 is 0. The third kappa shape index (κ3) is 26.8. The Kier molecular flexibility index (Phi) is 26.7. The van der Waals surface area contributed by atoms with Crippen molar-refractivity contribution in [3.05, 3.63) is 12.8 Å². The Morgan fingerprint density at radius 1 is 0.467 bits per heavy atom. The summed E-state index contributed by atoms with van der Waals surface area (Å²) in [5, 5.41) is 0. The van der Waals surface area contributed by atoms with Gasteiger partial charge in [-0.1, -0.05) is 12.5 Å². The molecule has 30 heavy (non-hydrogen) atoms. The Morgan fingerprint density at radius 2 is 0.733 bits per heavy atom. The highest BCUT2D eigenvalue weighted by Crippen LogP contribution is 1.86. The number of terminal acetylenes is 1. The molecular formula is C21H38O9. The molecule has 0 aromatic rings. The normalized spacial score (nSPS) is 10.8. The zero-order chi connectivity index (χ0) is 21.8. The monoisotopic (exact) mass is 434 g/mol. The molecule has 0 saturated heterocycles. The summed E-state index contributed by atoms with van der Waals surface area (Å²) in [6.07, 6.45) is 6.45. The molecule has 0 aliphatic rings. The standard InChI is InChI=1S/C21H38O9/c1-3-5-23-8-9-25-12-13-27-16-17-29-20-21-30-19-18-28-15-14-26-11-10-24-7-6-22-4-2/h1,4H,2,5-21H2. The van der Waals surface area contributed by atoms with Crippen LogP contribution in [0.15, 0.2) is 12.8 Å². The second-order valence-corrected chi connectivity index (χ2v) is 5.58. The zero-order valence-electron chi connectivity index (χ0n) is 18.1. The minimum absolute atomic E-state index is 0.313. The van der Waals surface area contributed by atoms with Gasteiger partial charge in [0, 0.05) is 0 Å². The van der Waals surface area contributed by atoms with Crippen molar-refractivity contribution in [2.24, 2.45) is 0 Å². The third-order valence-electron chi connectivity index (χ3n) is 3.25. The van der Waals surface area contributed by atoms with E-state index >= 15 is 0 Å². The second kappa shape index (κ2) is 27.8. The fourth-order valence-corrected chi connectivity index (χ4v) is 1.86. The Labute approximate surface area is 180 Å². The van der Waals surface area contributed by atoms with Crippen molar-refractivity contribution in [2.75, 3.05) is 112 Å². The molecule has 176 valence electrons. The Bertz CT molecular complexity index is 374. The van der Waals surface area contributed by atoms with Crippen LogP contribution in [-0.2, 0) is 42.6 Å². The van der Waals surface area contributed by atoms with Gasteiger partial charge < -0.3 is 42.6 Å². The molecule has 0 amide bonds. The molecule has 0 rings (SSSR count). The van der Waals surface area contributed by atoms with E-state index < -0.39 is 0 Å². The predicted molar refractivity (Wildman–Crippen MR) is 112 cm³/mol. The van der Waals surface area contributed by atoms with Crippen LogP contribution in [0.3, 0.4) is 0 Å². The Hall–Kier alpha value is -1.22. The van der Waals surface area contributed by atoms with Gasteiger partial charge in [0.2, 0.25) is 0 Å². The lowest BCUT2D eigenvalue weighted by molar-refractivity contribution is -0.0234. The van der Waals surface area contributed by atoms with E-state index in [1.165, 1.54) is 6.26 Å². The van der Waals surface area contributed by atoms with Gasteiger partial charge in [0.1, 0.15) is 13.2 Å². The summed E-state index contributed by atoms with van der Waals surface area (Å²) in [7, 11) is 0. The van der Waals surface area contributed by atoms with Gasteiger partial charge in [0.15, 0.2) is 0 Å². The molecule has 0 saturated carbocycles. The van der Waals surface area contributed by atoms with Gasteiger partial charge in [0.05, 0.1) is 105 Å². The summed E-state index contributed by atoms with van der Waals surface area (Å²) in [5.41, 5.74) is 0. The van der Waals surface area contributed by atoms with Crippen LogP contribution in [0.25, 0.3) is 0 Å². The van der Waals surface area contributed by atoms with E-state index in [0.717, 1.165) is 0 Å². The molecule has 9 nitrogen and oxygen atoms in total. The first-order valence-corrected chi connectivity index (χ1v) is 10.2. The van der Waals surface area contributed by atoms with E-state index in [-0.39, 0.29) is 0 Å². The number of rotatable bonds is 26. The van der Waals surface area contributed by atoms with E-state index in [0.29, 0.717) is 112 Å². The van der Waals surface area contributed by atoms with Gasteiger partial charge in [0.25, 0.3) is 0 Å². The van der Waals surface area contributed by atoms with Crippen LogP contribution in [0.1, 0.15) is 0 Å². The van der Waals surface area contributed by atoms with E-state index in [4.69, 9.17) is 49.1 Å². The van der Waals surface area contributed by atoms with Crippen LogP contribution in [0.2, 0.25) is 0 Å². The zero-order valence-corrected chi connectivity index (χ0v) is 18.1. The largest absolute Gasteiger partial charge is 0.499 e. The number of hydrogen-bond acceptors (Lipinski definition) is 9. The molecule has 0 spiro atoms. The van der Waals surface area contributed by atoms with Crippen molar-refractivity contribution in [3.63, 3.8) is 0 Å². The first kappa shape index (κ1) is 28.8. The molecule has 9 heteroatoms. The first-order chi connectivity index (χ1) is 14.9. The lowest BCUT2D eigenvalue weighted by atomic mass is 10.6. The molecule has 0 aliphatic heterocycles. The minimum atomic E-state index is 0.313. The lowest BCUT2D eigenvalue weighted by Crippen LogP contribution is -2.15. The molecule has 0 aromatic carbocycles. The average molecular weight is 435 g/mol. The summed E-state index contributed by atoms with van der Waals surface area (Å²) in [4.78, 5) is 0. The molecule has 0 unspecified atom stereocenters. The second-order valence-electron chi connectivity index (χ2n) is 5.58. The molecule has 0 heterocycles. The van der Waals surface area contributed by atoms with Crippen LogP contribution in [-0.4, -0.2) is 112 Å². The van der Waals surface area contributed by atoms with E-state index in [9.17, 15) is 0 Å². The highest BCUT2D eigenvalue weighted by molar-refractivity contribution is 4.82. The summed E-state index contributed by atoms with van der Waals surface area (Å²) < 4.78 is 47.6. The van der Waals surface area contributed by atoms with Crippen molar-refractivity contribution < 1.29 is 42.6 Å². The van der Waals surface area contributed by atoms with Crippen molar-refractivity contribution in [2.45, 2.75) is 0 Å². The quantitative estimate of drug-likeness (QED) is 0.112. The van der Waals surface area contributed by atoms with Gasteiger partial charge in [-0.2, -0.15) is 0 Å². The van der Waals surface area contributed by atoms with Gasteiger partial charge in [-0.25, -0.2) is 0 Å². The topological polar surface area (TPSA) is 83.1 Å². The van der Waals surface area contributed by atoms with E-state index in [1.54, 1.807) is 0 Å². The maximum absolute atomic E-state index is 5.41. The molecule has 0 N–H and O–H groups in total. The van der Waals surface area contributed by atoms with Crippen LogP contribution >= 0.6 is 0 Å². The highest BCUT2D eigenvalue weighted by Gasteiger charge is 1.95.